The van der Waals surface area contributed by atoms with Crippen LogP contribution in [0.3, 0.4) is 0 Å². The lowest BCUT2D eigenvalue weighted by molar-refractivity contribution is -0.119. The first-order chi connectivity index (χ1) is 7.25. The summed E-state index contributed by atoms with van der Waals surface area (Å²) >= 11 is 0. The average molecular weight is 206 g/mol. The number of rotatable bonds is 2. The van der Waals surface area contributed by atoms with Crippen LogP contribution in [0.5, 0.6) is 0 Å². The van der Waals surface area contributed by atoms with Crippen molar-refractivity contribution in [2.45, 2.75) is 12.5 Å². The molecule has 0 unspecified atom stereocenters. The van der Waals surface area contributed by atoms with Crippen molar-refractivity contribution >= 4 is 11.8 Å². The Morgan fingerprint density at radius 3 is 3.00 bits per heavy atom. The maximum atomic E-state index is 11.6. The van der Waals surface area contributed by atoms with Gasteiger partial charge in [-0.1, -0.05) is 0 Å². The van der Waals surface area contributed by atoms with Crippen molar-refractivity contribution in [2.75, 3.05) is 6.54 Å². The van der Waals surface area contributed by atoms with E-state index in [4.69, 9.17) is 0 Å². The standard InChI is InChI=1S/C9H10N4O2/c14-8-3-6(4-12-8)13-9(15)7-5-10-1-2-11-7/h1-2,5-6H,3-4H2,(H,12,14)(H,13,15)/t6-/m1/s1. The molecule has 2 rings (SSSR count). The van der Waals surface area contributed by atoms with Crippen LogP contribution in [-0.2, 0) is 4.79 Å². The molecular formula is C9H10N4O2. The third-order valence-electron chi connectivity index (χ3n) is 2.11. The average Bonchev–Trinajstić information content (AvgIpc) is 2.65. The van der Waals surface area contributed by atoms with Crippen molar-refractivity contribution in [3.05, 3.63) is 24.3 Å². The van der Waals surface area contributed by atoms with E-state index in [9.17, 15) is 9.59 Å². The van der Waals surface area contributed by atoms with E-state index in [0.717, 1.165) is 0 Å². The summed E-state index contributed by atoms with van der Waals surface area (Å²) in [7, 11) is 0. The van der Waals surface area contributed by atoms with E-state index in [-0.39, 0.29) is 23.6 Å². The number of aromatic nitrogens is 2. The normalized spacial score (nSPS) is 19.7. The number of hydrogen-bond donors (Lipinski definition) is 2. The molecule has 1 saturated heterocycles. The molecule has 2 amide bonds. The molecule has 0 radical (unpaired) electrons. The molecule has 15 heavy (non-hydrogen) atoms. The molecule has 2 N–H and O–H groups in total. The second kappa shape index (κ2) is 4.04. The third kappa shape index (κ3) is 2.28. The minimum absolute atomic E-state index is 0.0422. The Morgan fingerprint density at radius 2 is 2.40 bits per heavy atom. The molecule has 6 heteroatoms. The van der Waals surface area contributed by atoms with E-state index in [2.05, 4.69) is 20.6 Å². The number of hydrogen-bond acceptors (Lipinski definition) is 4. The van der Waals surface area contributed by atoms with Crippen LogP contribution in [0.15, 0.2) is 18.6 Å². The van der Waals surface area contributed by atoms with Crippen molar-refractivity contribution in [2.24, 2.45) is 0 Å². The highest BCUT2D eigenvalue weighted by atomic mass is 16.2. The molecule has 0 bridgehead atoms. The summed E-state index contributed by atoms with van der Waals surface area (Å²) in [6.45, 7) is 0.477. The first-order valence-corrected chi connectivity index (χ1v) is 4.59. The van der Waals surface area contributed by atoms with Gasteiger partial charge >= 0.3 is 0 Å². The van der Waals surface area contributed by atoms with E-state index < -0.39 is 0 Å². The van der Waals surface area contributed by atoms with E-state index in [1.807, 2.05) is 0 Å². The van der Waals surface area contributed by atoms with Crippen LogP contribution in [-0.4, -0.2) is 34.4 Å². The van der Waals surface area contributed by atoms with Crippen molar-refractivity contribution in [1.29, 1.82) is 0 Å². The largest absolute Gasteiger partial charge is 0.354 e. The van der Waals surface area contributed by atoms with Gasteiger partial charge in [0.1, 0.15) is 5.69 Å². The lowest BCUT2D eigenvalue weighted by Gasteiger charge is -2.08. The molecule has 1 aromatic heterocycles. The molecule has 1 fully saturated rings. The van der Waals surface area contributed by atoms with Gasteiger partial charge in [-0.2, -0.15) is 0 Å². The molecule has 1 aliphatic heterocycles. The molecule has 6 nitrogen and oxygen atoms in total. The Balaban J connectivity index is 1.96. The van der Waals surface area contributed by atoms with Gasteiger partial charge in [0.15, 0.2) is 0 Å². The Kier molecular flexibility index (Phi) is 2.57. The van der Waals surface area contributed by atoms with Crippen LogP contribution in [0.2, 0.25) is 0 Å². The van der Waals surface area contributed by atoms with E-state index >= 15 is 0 Å². The number of carbonyl (C=O) groups is 2. The summed E-state index contributed by atoms with van der Waals surface area (Å²) in [5, 5.41) is 5.34. The molecule has 2 heterocycles. The zero-order chi connectivity index (χ0) is 10.7. The predicted octanol–water partition coefficient (Wildman–Crippen LogP) is -0.905. The van der Waals surface area contributed by atoms with Crippen LogP contribution in [0.1, 0.15) is 16.9 Å². The Morgan fingerprint density at radius 1 is 1.53 bits per heavy atom. The van der Waals surface area contributed by atoms with Gasteiger partial charge in [0.2, 0.25) is 5.91 Å². The van der Waals surface area contributed by atoms with Gasteiger partial charge in [-0.3, -0.25) is 14.6 Å². The molecule has 0 aromatic carbocycles. The highest BCUT2D eigenvalue weighted by molar-refractivity contribution is 5.92. The monoisotopic (exact) mass is 206 g/mol. The minimum atomic E-state index is -0.301. The van der Waals surface area contributed by atoms with Gasteiger partial charge in [0, 0.05) is 25.4 Å². The second-order valence-electron chi connectivity index (χ2n) is 3.27. The fourth-order valence-corrected chi connectivity index (χ4v) is 1.38. The van der Waals surface area contributed by atoms with Crippen molar-refractivity contribution in [1.82, 2.24) is 20.6 Å². The topological polar surface area (TPSA) is 84.0 Å². The van der Waals surface area contributed by atoms with Gasteiger partial charge in [-0.05, 0) is 0 Å². The van der Waals surface area contributed by atoms with Crippen LogP contribution < -0.4 is 10.6 Å². The first kappa shape index (κ1) is 9.57. The van der Waals surface area contributed by atoms with E-state index in [1.165, 1.54) is 18.6 Å². The smallest absolute Gasteiger partial charge is 0.271 e. The lowest BCUT2D eigenvalue weighted by Crippen LogP contribution is -2.36. The second-order valence-corrected chi connectivity index (χ2v) is 3.27. The zero-order valence-corrected chi connectivity index (χ0v) is 7.93. The highest BCUT2D eigenvalue weighted by Gasteiger charge is 2.23. The minimum Gasteiger partial charge on any atom is -0.354 e. The maximum absolute atomic E-state index is 11.6. The number of carbonyl (C=O) groups excluding carboxylic acids is 2. The van der Waals surface area contributed by atoms with Gasteiger partial charge in [-0.15, -0.1) is 0 Å². The number of nitrogens with zero attached hydrogens (tertiary/aromatic N) is 2. The number of nitrogens with one attached hydrogen (secondary N) is 2. The summed E-state index contributed by atoms with van der Waals surface area (Å²) in [6.07, 6.45) is 4.66. The third-order valence-corrected chi connectivity index (χ3v) is 2.11. The van der Waals surface area contributed by atoms with E-state index in [1.54, 1.807) is 0 Å². The molecule has 0 saturated carbocycles. The van der Waals surface area contributed by atoms with Crippen LogP contribution in [0, 0.1) is 0 Å². The Hall–Kier alpha value is -1.98. The maximum Gasteiger partial charge on any atom is 0.271 e. The van der Waals surface area contributed by atoms with Gasteiger partial charge in [-0.25, -0.2) is 4.98 Å². The fraction of sp³-hybridized carbons (Fsp3) is 0.333. The molecule has 1 atom stereocenters. The molecular weight excluding hydrogens is 196 g/mol. The van der Waals surface area contributed by atoms with Crippen molar-refractivity contribution in [3.8, 4) is 0 Å². The van der Waals surface area contributed by atoms with Gasteiger partial charge in [0.05, 0.1) is 12.2 Å². The quantitative estimate of drug-likeness (QED) is 0.656. The summed E-state index contributed by atoms with van der Waals surface area (Å²) in [6, 6.07) is -0.146. The Labute approximate surface area is 86.1 Å². The lowest BCUT2D eigenvalue weighted by atomic mass is 10.2. The summed E-state index contributed by atoms with van der Waals surface area (Å²) < 4.78 is 0. The molecule has 78 valence electrons. The molecule has 0 aliphatic carbocycles. The molecule has 1 aromatic rings. The summed E-state index contributed by atoms with van der Waals surface area (Å²) in [4.78, 5) is 30.1. The van der Waals surface area contributed by atoms with Gasteiger partial charge in [0.25, 0.3) is 5.91 Å². The highest BCUT2D eigenvalue weighted by Crippen LogP contribution is 2.00. The Bertz CT molecular complexity index is 379. The van der Waals surface area contributed by atoms with Crippen LogP contribution >= 0.6 is 0 Å². The predicted molar refractivity (Wildman–Crippen MR) is 50.9 cm³/mol. The van der Waals surface area contributed by atoms with Crippen LogP contribution in [0.4, 0.5) is 0 Å². The molecule has 0 spiro atoms. The number of amides is 2. The zero-order valence-electron chi connectivity index (χ0n) is 7.93. The fourth-order valence-electron chi connectivity index (χ4n) is 1.38. The first-order valence-electron chi connectivity index (χ1n) is 4.59. The summed E-state index contributed by atoms with van der Waals surface area (Å²) in [5.74, 6) is -0.343. The summed E-state index contributed by atoms with van der Waals surface area (Å²) in [5.41, 5.74) is 0.261. The van der Waals surface area contributed by atoms with Crippen molar-refractivity contribution < 1.29 is 9.59 Å². The van der Waals surface area contributed by atoms with Crippen LogP contribution in [0.25, 0.3) is 0 Å². The van der Waals surface area contributed by atoms with E-state index in [0.29, 0.717) is 13.0 Å². The van der Waals surface area contributed by atoms with Gasteiger partial charge < -0.3 is 10.6 Å². The SMILES string of the molecule is O=C1C[C@@H](NC(=O)c2cnccn2)CN1. The van der Waals surface area contributed by atoms with Crippen molar-refractivity contribution in [3.63, 3.8) is 0 Å². The molecule has 1 aliphatic rings.